The lowest BCUT2D eigenvalue weighted by Crippen LogP contribution is -2.63. The second kappa shape index (κ2) is 44.0. The largest absolute Gasteiger partial charge is 0.481 e. The summed E-state index contributed by atoms with van der Waals surface area (Å²) in [5.74, 6) is -20.2. The van der Waals surface area contributed by atoms with Crippen molar-refractivity contribution in [1.82, 2.24) is 63.4 Å². The van der Waals surface area contributed by atoms with Gasteiger partial charge in [0.1, 0.15) is 72.5 Å². The van der Waals surface area contributed by atoms with E-state index in [1.807, 2.05) is 16.0 Å². The van der Waals surface area contributed by atoms with E-state index in [4.69, 9.17) is 17.2 Å². The van der Waals surface area contributed by atoms with E-state index in [1.54, 1.807) is 48.5 Å². The molecule has 107 heavy (non-hydrogen) atoms. The molecule has 16 atom stereocenters. The molecule has 42 nitrogen and oxygen atoms in total. The Morgan fingerprint density at radius 2 is 1.03 bits per heavy atom. The molecule has 0 saturated carbocycles. The molecule has 43 heteroatoms. The van der Waals surface area contributed by atoms with Gasteiger partial charge in [-0.25, -0.2) is 9.36 Å². The first-order valence-corrected chi connectivity index (χ1v) is 35.1. The van der Waals surface area contributed by atoms with Crippen molar-refractivity contribution >= 4 is 103 Å². The first-order valence-electron chi connectivity index (χ1n) is 33.6. The maximum Gasteiger partial charge on any atom is 0.469 e. The van der Waals surface area contributed by atoms with Crippen LogP contribution in [0.5, 0.6) is 0 Å². The number of carbonyl (C=O) groups excluding carboxylic acids is 12. The zero-order chi connectivity index (χ0) is 80.7. The minimum atomic E-state index is -5.60. The normalized spacial score (nSPS) is 17.0. The van der Waals surface area contributed by atoms with Crippen molar-refractivity contribution < 1.29 is 127 Å². The minimum Gasteiger partial charge on any atom is -0.481 e. The molecule has 26 N–H and O–H groups in total. The average molecular weight is 1540 g/mol. The maximum absolute atomic E-state index is 14.3. The second-order valence-electron chi connectivity index (χ2n) is 25.5. The summed E-state index contributed by atoms with van der Waals surface area (Å²) in [5, 5.41) is 95.5. The fourth-order valence-electron chi connectivity index (χ4n) is 10.6. The Hall–Kier alpha value is -10.3. The van der Waals surface area contributed by atoms with Gasteiger partial charge in [-0.2, -0.15) is 0 Å². The van der Waals surface area contributed by atoms with E-state index in [2.05, 4.69) is 52.1 Å². The summed E-state index contributed by atoms with van der Waals surface area (Å²) in [4.78, 5) is 226. The molecule has 3 rings (SSSR count). The van der Waals surface area contributed by atoms with Crippen molar-refractivity contribution in [2.45, 2.75) is 196 Å². The van der Waals surface area contributed by atoms with Crippen molar-refractivity contribution in [3.63, 3.8) is 0 Å². The number of aliphatic imine (C=N–C) groups is 1. The molecule has 1 heterocycles. The lowest BCUT2D eigenvalue weighted by atomic mass is 10.0. The number of phosphoric ester groups is 1. The molecule has 1 fully saturated rings. The number of hydrogen-bond acceptors (Lipinski definition) is 23. The van der Waals surface area contributed by atoms with Crippen LogP contribution in [0.2, 0.25) is 0 Å². The van der Waals surface area contributed by atoms with Gasteiger partial charge < -0.3 is 126 Å². The molecule has 0 aromatic heterocycles. The zero-order valence-electron chi connectivity index (χ0n) is 59.3. The number of carboxylic acid groups (broad SMARTS) is 3. The highest BCUT2D eigenvalue weighted by Gasteiger charge is 2.43. The van der Waals surface area contributed by atoms with Crippen molar-refractivity contribution in [2.24, 2.45) is 28.1 Å². The Balaban J connectivity index is 1.87. The molecule has 0 aliphatic carbocycles. The van der Waals surface area contributed by atoms with E-state index >= 15 is 0 Å². The number of benzene rings is 2. The Labute approximate surface area is 612 Å². The third kappa shape index (κ3) is 31.3. The van der Waals surface area contributed by atoms with Gasteiger partial charge in [0.15, 0.2) is 5.96 Å². The highest BCUT2D eigenvalue weighted by atomic mass is 31.2. The van der Waals surface area contributed by atoms with Crippen LogP contribution < -0.4 is 75.7 Å². The first-order chi connectivity index (χ1) is 50.0. The molecule has 0 unspecified atom stereocenters. The van der Waals surface area contributed by atoms with Gasteiger partial charge in [-0.1, -0.05) is 74.5 Å². The third-order valence-corrected chi connectivity index (χ3v) is 16.9. The van der Waals surface area contributed by atoms with Crippen LogP contribution in [0.15, 0.2) is 65.7 Å². The van der Waals surface area contributed by atoms with E-state index in [9.17, 15) is 122 Å². The number of hydrogen-bond donors (Lipinski definition) is 23. The summed E-state index contributed by atoms with van der Waals surface area (Å²) in [6, 6.07) is -5.48. The monoisotopic (exact) mass is 1540 g/mol. The van der Waals surface area contributed by atoms with Crippen LogP contribution in [0.25, 0.3) is 0 Å². The predicted molar refractivity (Wildman–Crippen MR) is 372 cm³/mol. The number of likely N-dealkylation sites (tertiary alicyclic amines) is 1. The quantitative estimate of drug-likeness (QED) is 0.0127. The van der Waals surface area contributed by atoms with Gasteiger partial charge in [0.25, 0.3) is 0 Å². The van der Waals surface area contributed by atoms with Crippen LogP contribution in [-0.4, -0.2) is 268 Å². The highest BCUT2D eigenvalue weighted by Crippen LogP contribution is 2.38. The van der Waals surface area contributed by atoms with Crippen LogP contribution in [0, 0.1) is 5.92 Å². The smallest absolute Gasteiger partial charge is 0.469 e. The summed E-state index contributed by atoms with van der Waals surface area (Å²) in [5.41, 5.74) is 17.1. The highest BCUT2D eigenvalue weighted by molar-refractivity contribution is 7.46. The number of nitrogens with one attached hydrogen (secondary N) is 11. The number of phosphoric acid groups is 1. The van der Waals surface area contributed by atoms with E-state index < -0.39 is 232 Å². The number of amides is 12. The van der Waals surface area contributed by atoms with Crippen molar-refractivity contribution in [3.05, 3.63) is 71.8 Å². The molecule has 0 bridgehead atoms. The fraction of sp³-hybridized carbons (Fsp3) is 0.562. The maximum atomic E-state index is 14.3. The first kappa shape index (κ1) is 90.9. The lowest BCUT2D eigenvalue weighted by Gasteiger charge is -2.31. The van der Waals surface area contributed by atoms with Crippen molar-refractivity contribution in [1.29, 1.82) is 0 Å². The number of aliphatic hydroxyl groups is 4. The summed E-state index contributed by atoms with van der Waals surface area (Å²) in [6.45, 7) is 5.14. The SMILES string of the molecule is CC(C)[C@H](NC(=O)[C@H](Cc1ccccc1)NC(=O)[C@H](CO)NC(=O)[C@@H]1CCCN1C(=O)[C@@H](NC(=O)[C@@H](N)[C@@H](C)O)[C@@H](C)O)C(=O)NCC(=O)N[C@@H](Cc1ccccc1)C(=O)N[C@H](C(=O)N[C@@H](CC(=O)O)C(=O)N[C@H](C(=O)N[C@@H](CCC(=O)O)C(=O)N[C@@H](CCCN=C(N)N)C(=O)O)[C@@H](C)OP(=O)(O)O)[C@@H](C)O. The zero-order valence-corrected chi connectivity index (χ0v) is 60.2. The Morgan fingerprint density at radius 1 is 0.551 bits per heavy atom. The number of guanidine groups is 1. The molecule has 1 saturated heterocycles. The van der Waals surface area contributed by atoms with Gasteiger partial charge in [0, 0.05) is 32.4 Å². The Kier molecular flexibility index (Phi) is 37.3. The number of carbonyl (C=O) groups is 15. The standard InChI is InChI=1S/C64H97N16O26P/c1-30(2)48(76-54(92)40(26-36-17-11-8-12-18-36)73-56(94)42(29-81)75-57(95)43-20-14-24-80(43)62(100)50(33(5)84)78-58(96)47(65)31(3)82)59(97)69-28-44(85)70-39(25-35-15-9-7-10-16-35)53(91)77-49(32(4)83)60(98)74-41(27-46(88)89)55(93)79-51(34(6)106-107(103,104)105)61(99)71-37(21-22-45(86)87)52(90)72-38(63(101)102)19-13-23-68-64(66)67/h7-12,15-18,30-34,37-43,47-51,81-84H,13-14,19-29,65H2,1-6H3,(H,69,97)(H,70,85)(H,71,99)(H,72,90)(H,73,94)(H,74,98)(H,75,95)(H,76,92)(H,77,91)(H,78,96)(H,79,93)(H,86,87)(H,88,89)(H,101,102)(H4,66,67,68)(H2,103,104,105)/t31-,32-,33-,34-,37+,38+,39+,40+,41+,42+,43+,47+,48+,49+,50+,51+/m1/s1. The Bertz CT molecular complexity index is 3510. The summed E-state index contributed by atoms with van der Waals surface area (Å²) in [7, 11) is -5.60. The second-order valence-corrected chi connectivity index (χ2v) is 26.6. The number of nitrogens with zero attached hydrogens (tertiary/aromatic N) is 2. The number of aliphatic carboxylic acids is 3. The number of nitrogens with two attached hydrogens (primary N) is 3. The van der Waals surface area contributed by atoms with Crippen LogP contribution in [0.1, 0.15) is 97.6 Å². The van der Waals surface area contributed by atoms with Crippen LogP contribution >= 0.6 is 7.82 Å². The van der Waals surface area contributed by atoms with Crippen LogP contribution in [-0.2, 0) is 93.8 Å². The molecule has 1 aliphatic rings. The van der Waals surface area contributed by atoms with E-state index in [0.717, 1.165) is 18.7 Å². The van der Waals surface area contributed by atoms with Gasteiger partial charge in [-0.15, -0.1) is 0 Å². The predicted octanol–water partition coefficient (Wildman–Crippen LogP) is -8.48. The molecule has 0 radical (unpaired) electrons. The molecule has 1 aliphatic heterocycles. The van der Waals surface area contributed by atoms with Gasteiger partial charge in [-0.3, -0.25) is 76.6 Å². The number of rotatable bonds is 45. The number of carboxylic acids is 3. The molecule has 2 aromatic rings. The molecule has 12 amide bonds. The van der Waals surface area contributed by atoms with Gasteiger partial charge in [-0.05, 0) is 76.8 Å². The lowest BCUT2D eigenvalue weighted by molar-refractivity contribution is -0.145. The van der Waals surface area contributed by atoms with Gasteiger partial charge >= 0.3 is 25.7 Å². The minimum absolute atomic E-state index is 0.0199. The molecule has 594 valence electrons. The number of aliphatic hydroxyl groups excluding tert-OH is 4. The molecular weight excluding hydrogens is 1440 g/mol. The molecular formula is C64H97N16O26P. The molecule has 0 spiro atoms. The topological polar surface area (TPSA) is 690 Å². The van der Waals surface area contributed by atoms with E-state index in [1.165, 1.54) is 39.8 Å². The van der Waals surface area contributed by atoms with Crippen molar-refractivity contribution in [3.8, 4) is 0 Å². The van der Waals surface area contributed by atoms with E-state index in [-0.39, 0.29) is 57.6 Å². The summed E-state index contributed by atoms with van der Waals surface area (Å²) in [6.07, 6.45) is -10.5. The molecule has 2 aromatic carbocycles. The third-order valence-electron chi connectivity index (χ3n) is 16.3. The average Bonchev–Trinajstić information content (AvgIpc) is 1.78. The van der Waals surface area contributed by atoms with Crippen LogP contribution in [0.4, 0.5) is 0 Å². The Morgan fingerprint density at radius 3 is 1.52 bits per heavy atom. The van der Waals surface area contributed by atoms with E-state index in [0.29, 0.717) is 11.1 Å². The van der Waals surface area contributed by atoms with Gasteiger partial charge in [0.05, 0.1) is 44.0 Å². The fourth-order valence-corrected chi connectivity index (χ4v) is 11.1. The van der Waals surface area contributed by atoms with Gasteiger partial charge in [0.2, 0.25) is 70.9 Å². The van der Waals surface area contributed by atoms with Crippen LogP contribution in [0.3, 0.4) is 0 Å². The van der Waals surface area contributed by atoms with Crippen molar-refractivity contribution in [2.75, 3.05) is 26.2 Å². The summed E-state index contributed by atoms with van der Waals surface area (Å²) >= 11 is 0. The summed E-state index contributed by atoms with van der Waals surface area (Å²) < 4.78 is 16.7.